The predicted molar refractivity (Wildman–Crippen MR) is 60.0 cm³/mol. The Kier molecular flexibility index (Phi) is 3.05. The number of H-pyrrole nitrogens is 1. The average molecular weight is 247 g/mol. The molecule has 0 atom stereocenters. The van der Waals surface area contributed by atoms with Crippen molar-refractivity contribution in [2.45, 2.75) is 6.92 Å². The van der Waals surface area contributed by atoms with Crippen LogP contribution >= 0.6 is 0 Å². The van der Waals surface area contributed by atoms with Crippen LogP contribution < -0.4 is 0 Å². The second-order valence-corrected chi connectivity index (χ2v) is 3.44. The Morgan fingerprint density at radius 1 is 1.39 bits per heavy atom. The maximum absolute atomic E-state index is 11.7. The molecule has 0 saturated heterocycles. The van der Waals surface area contributed by atoms with E-state index in [1.165, 1.54) is 25.4 Å². The van der Waals surface area contributed by atoms with E-state index in [0.29, 0.717) is 0 Å². The normalized spacial score (nSPS) is 11.5. The van der Waals surface area contributed by atoms with Crippen LogP contribution in [0.3, 0.4) is 0 Å². The summed E-state index contributed by atoms with van der Waals surface area (Å²) in [6, 6.07) is 2.76. The predicted octanol–water partition coefficient (Wildman–Crippen LogP) is 1.38. The van der Waals surface area contributed by atoms with Crippen LogP contribution in [-0.2, 0) is 0 Å². The molecule has 7 heteroatoms. The van der Waals surface area contributed by atoms with Gasteiger partial charge in [0, 0.05) is 13.0 Å². The molecule has 0 bridgehead atoms. The summed E-state index contributed by atoms with van der Waals surface area (Å²) in [4.78, 5) is 26.3. The first-order valence-electron chi connectivity index (χ1n) is 5.00. The molecule has 2 heterocycles. The quantitative estimate of drug-likeness (QED) is 0.480. The number of hydrogen-bond acceptors (Lipinski definition) is 6. The molecule has 0 saturated carbocycles. The number of hydrogen-bond donors (Lipinski definition) is 2. The summed E-state index contributed by atoms with van der Waals surface area (Å²) >= 11 is 0. The Morgan fingerprint density at radius 2 is 2.11 bits per heavy atom. The first-order chi connectivity index (χ1) is 8.58. The lowest BCUT2D eigenvalue weighted by Gasteiger charge is -1.92. The molecule has 18 heavy (non-hydrogen) atoms. The lowest BCUT2D eigenvalue weighted by atomic mass is 10.2. The molecule has 0 unspecified atom stereocenters. The molecule has 0 radical (unpaired) electrons. The van der Waals surface area contributed by atoms with Crippen LogP contribution in [0.2, 0.25) is 0 Å². The molecule has 0 amide bonds. The topological polar surface area (TPSA) is 109 Å². The Morgan fingerprint density at radius 3 is 2.67 bits per heavy atom. The third-order valence-electron chi connectivity index (χ3n) is 2.11. The number of furan rings is 1. The minimum Gasteiger partial charge on any atom is -0.504 e. The molecule has 7 nitrogen and oxygen atoms in total. The highest BCUT2D eigenvalue weighted by atomic mass is 16.4. The Labute approximate surface area is 101 Å². The van der Waals surface area contributed by atoms with Crippen molar-refractivity contribution in [3.05, 3.63) is 41.9 Å². The number of aromatic nitrogens is 3. The Balaban J connectivity index is 2.21. The van der Waals surface area contributed by atoms with Gasteiger partial charge < -0.3 is 9.52 Å². The highest BCUT2D eigenvalue weighted by Crippen LogP contribution is 2.12. The number of aliphatic hydroxyl groups excluding tert-OH is 1. The zero-order valence-corrected chi connectivity index (χ0v) is 9.38. The van der Waals surface area contributed by atoms with Crippen molar-refractivity contribution in [3.63, 3.8) is 0 Å². The number of nitrogens with one attached hydrogen (secondary N) is 1. The van der Waals surface area contributed by atoms with Crippen molar-refractivity contribution in [2.75, 3.05) is 0 Å². The lowest BCUT2D eigenvalue weighted by molar-refractivity contribution is 0.0975. The summed E-state index contributed by atoms with van der Waals surface area (Å²) in [6.07, 6.45) is 2.19. The second-order valence-electron chi connectivity index (χ2n) is 3.44. The van der Waals surface area contributed by atoms with Crippen molar-refractivity contribution in [2.24, 2.45) is 0 Å². The average Bonchev–Trinajstić information content (AvgIpc) is 3.00. The van der Waals surface area contributed by atoms with Crippen molar-refractivity contribution in [1.82, 2.24) is 15.2 Å². The maximum Gasteiger partial charge on any atom is 0.224 e. The standard InChI is InChI=1S/C11H9N3O4/c1-6(15)9-2-3-10(18-9)7(16)4-8(17)11-12-5-13-14-11/h2-5,17H,1H3,(H,12,13,14). The molecule has 92 valence electrons. The highest BCUT2D eigenvalue weighted by Gasteiger charge is 2.13. The summed E-state index contributed by atoms with van der Waals surface area (Å²) < 4.78 is 5.02. The van der Waals surface area contributed by atoms with Gasteiger partial charge >= 0.3 is 0 Å². The zero-order chi connectivity index (χ0) is 13.1. The monoisotopic (exact) mass is 247 g/mol. The fourth-order valence-corrected chi connectivity index (χ4v) is 1.25. The van der Waals surface area contributed by atoms with E-state index < -0.39 is 5.78 Å². The minimum atomic E-state index is -0.579. The molecule has 0 aliphatic rings. The number of aromatic amines is 1. The van der Waals surface area contributed by atoms with Gasteiger partial charge in [0.1, 0.15) is 6.33 Å². The first kappa shape index (κ1) is 11.8. The molecular weight excluding hydrogens is 238 g/mol. The van der Waals surface area contributed by atoms with Crippen molar-refractivity contribution < 1.29 is 19.1 Å². The van der Waals surface area contributed by atoms with Crippen LogP contribution in [0.15, 0.2) is 29.0 Å². The highest BCUT2D eigenvalue weighted by molar-refractivity contribution is 6.06. The van der Waals surface area contributed by atoms with Gasteiger partial charge in [-0.15, -0.1) is 0 Å². The van der Waals surface area contributed by atoms with E-state index in [0.717, 1.165) is 6.08 Å². The van der Waals surface area contributed by atoms with Crippen LogP contribution in [0.1, 0.15) is 33.9 Å². The van der Waals surface area contributed by atoms with Gasteiger partial charge in [-0.1, -0.05) is 0 Å². The van der Waals surface area contributed by atoms with E-state index in [1.807, 2.05) is 0 Å². The van der Waals surface area contributed by atoms with Crippen molar-refractivity contribution in [1.29, 1.82) is 0 Å². The number of aliphatic hydroxyl groups is 1. The number of nitrogens with zero attached hydrogens (tertiary/aromatic N) is 2. The molecule has 0 aliphatic carbocycles. The van der Waals surface area contributed by atoms with Crippen molar-refractivity contribution >= 4 is 17.3 Å². The van der Waals surface area contributed by atoms with Gasteiger partial charge in [0.25, 0.3) is 0 Å². The molecule has 2 N–H and O–H groups in total. The molecule has 0 spiro atoms. The summed E-state index contributed by atoms with van der Waals surface area (Å²) in [5.41, 5.74) is 0. The summed E-state index contributed by atoms with van der Waals surface area (Å²) in [5.74, 6) is -1.20. The van der Waals surface area contributed by atoms with E-state index in [1.54, 1.807) is 0 Å². The van der Waals surface area contributed by atoms with E-state index >= 15 is 0 Å². The van der Waals surface area contributed by atoms with Crippen LogP contribution in [0.5, 0.6) is 0 Å². The number of allylic oxidation sites excluding steroid dienone is 1. The molecule has 2 aromatic rings. The van der Waals surface area contributed by atoms with E-state index in [2.05, 4.69) is 15.2 Å². The smallest absolute Gasteiger partial charge is 0.224 e. The molecule has 2 rings (SSSR count). The van der Waals surface area contributed by atoms with E-state index in [-0.39, 0.29) is 28.9 Å². The van der Waals surface area contributed by atoms with Crippen molar-refractivity contribution in [3.8, 4) is 0 Å². The van der Waals surface area contributed by atoms with Gasteiger partial charge in [-0.25, -0.2) is 4.98 Å². The minimum absolute atomic E-state index is 0.00157. The number of carbonyl (C=O) groups excluding carboxylic acids is 2. The second kappa shape index (κ2) is 4.66. The van der Waals surface area contributed by atoms with Gasteiger partial charge in [-0.2, -0.15) is 5.10 Å². The third kappa shape index (κ3) is 2.34. The Bertz CT molecular complexity index is 610. The van der Waals surface area contributed by atoms with Crippen LogP contribution in [0.4, 0.5) is 0 Å². The molecular formula is C11H9N3O4. The van der Waals surface area contributed by atoms with Gasteiger partial charge in [0.15, 0.2) is 23.1 Å². The third-order valence-corrected chi connectivity index (χ3v) is 2.11. The molecule has 2 aromatic heterocycles. The largest absolute Gasteiger partial charge is 0.504 e. The van der Waals surface area contributed by atoms with Crippen LogP contribution in [0.25, 0.3) is 5.76 Å². The maximum atomic E-state index is 11.7. The summed E-state index contributed by atoms with van der Waals surface area (Å²) in [7, 11) is 0. The van der Waals surface area contributed by atoms with Crippen LogP contribution in [0, 0.1) is 0 Å². The number of rotatable bonds is 4. The molecule has 0 aliphatic heterocycles. The fourth-order valence-electron chi connectivity index (χ4n) is 1.25. The van der Waals surface area contributed by atoms with Gasteiger partial charge in [-0.3, -0.25) is 14.7 Å². The number of carbonyl (C=O) groups is 2. The zero-order valence-electron chi connectivity index (χ0n) is 9.38. The lowest BCUT2D eigenvalue weighted by Crippen LogP contribution is -1.96. The molecule has 0 aromatic carbocycles. The number of Topliss-reactive ketones (excluding diaryl/α,β-unsaturated/α-hetero) is 1. The van der Waals surface area contributed by atoms with Crippen LogP contribution in [-0.4, -0.2) is 31.9 Å². The number of ketones is 2. The van der Waals surface area contributed by atoms with Gasteiger partial charge in [-0.05, 0) is 12.1 Å². The SMILES string of the molecule is CC(=O)c1ccc(C(=O)C=C(O)c2nc[nH]n2)o1. The fraction of sp³-hybridized carbons (Fsp3) is 0.0909. The first-order valence-corrected chi connectivity index (χ1v) is 5.00. The van der Waals surface area contributed by atoms with E-state index in [4.69, 9.17) is 4.42 Å². The van der Waals surface area contributed by atoms with E-state index in [9.17, 15) is 14.7 Å². The van der Waals surface area contributed by atoms with Gasteiger partial charge in [0.05, 0.1) is 0 Å². The van der Waals surface area contributed by atoms with Gasteiger partial charge in [0.2, 0.25) is 11.6 Å². The summed E-state index contributed by atoms with van der Waals surface area (Å²) in [6.45, 7) is 1.33. The summed E-state index contributed by atoms with van der Waals surface area (Å²) in [5, 5.41) is 15.6. The molecule has 0 fully saturated rings. The Hall–Kier alpha value is -2.70.